The first-order valence-corrected chi connectivity index (χ1v) is 6.17. The molecule has 0 saturated carbocycles. The SMILES string of the molecule is CCNCC(C)c1nc(-c2ccncc2C)no1. The molecular formula is C13H18N4O. The van der Waals surface area contributed by atoms with E-state index in [-0.39, 0.29) is 5.92 Å². The molecule has 1 unspecified atom stereocenters. The van der Waals surface area contributed by atoms with Gasteiger partial charge in [-0.2, -0.15) is 4.98 Å². The van der Waals surface area contributed by atoms with E-state index in [4.69, 9.17) is 4.52 Å². The first-order valence-electron chi connectivity index (χ1n) is 6.17. The third-order valence-electron chi connectivity index (χ3n) is 2.83. The van der Waals surface area contributed by atoms with Crippen molar-refractivity contribution in [3.8, 4) is 11.4 Å². The lowest BCUT2D eigenvalue weighted by molar-refractivity contribution is 0.355. The quantitative estimate of drug-likeness (QED) is 0.875. The molecule has 0 aromatic carbocycles. The second kappa shape index (κ2) is 5.73. The van der Waals surface area contributed by atoms with E-state index in [1.807, 2.05) is 13.0 Å². The zero-order valence-electron chi connectivity index (χ0n) is 11.0. The smallest absolute Gasteiger partial charge is 0.231 e. The Labute approximate surface area is 107 Å². The maximum Gasteiger partial charge on any atom is 0.231 e. The molecule has 5 heteroatoms. The molecule has 18 heavy (non-hydrogen) atoms. The number of likely N-dealkylation sites (N-methyl/N-ethyl adjacent to an activating group) is 1. The molecule has 96 valence electrons. The number of aromatic nitrogens is 3. The van der Waals surface area contributed by atoms with Crippen LogP contribution in [0.25, 0.3) is 11.4 Å². The molecule has 0 aliphatic carbocycles. The molecule has 0 radical (unpaired) electrons. The number of aryl methyl sites for hydroxylation is 1. The van der Waals surface area contributed by atoms with E-state index in [9.17, 15) is 0 Å². The van der Waals surface area contributed by atoms with Gasteiger partial charge in [0.15, 0.2) is 0 Å². The van der Waals surface area contributed by atoms with Gasteiger partial charge in [-0.25, -0.2) is 0 Å². The van der Waals surface area contributed by atoms with Crippen LogP contribution in [0, 0.1) is 6.92 Å². The van der Waals surface area contributed by atoms with Crippen LogP contribution in [0.15, 0.2) is 23.0 Å². The molecule has 2 aromatic rings. The zero-order valence-corrected chi connectivity index (χ0v) is 11.0. The molecule has 2 rings (SSSR count). The molecule has 0 aliphatic heterocycles. The van der Waals surface area contributed by atoms with Gasteiger partial charge in [-0.05, 0) is 25.1 Å². The molecule has 5 nitrogen and oxygen atoms in total. The summed E-state index contributed by atoms with van der Waals surface area (Å²) in [6.07, 6.45) is 3.54. The van der Waals surface area contributed by atoms with Crippen LogP contribution in [0.3, 0.4) is 0 Å². The number of nitrogens with zero attached hydrogens (tertiary/aromatic N) is 3. The van der Waals surface area contributed by atoms with E-state index in [2.05, 4.69) is 34.3 Å². The van der Waals surface area contributed by atoms with E-state index >= 15 is 0 Å². The average molecular weight is 246 g/mol. The Morgan fingerprint density at radius 1 is 1.44 bits per heavy atom. The van der Waals surface area contributed by atoms with Crippen LogP contribution < -0.4 is 5.32 Å². The number of hydrogen-bond acceptors (Lipinski definition) is 5. The lowest BCUT2D eigenvalue weighted by atomic mass is 10.1. The maximum atomic E-state index is 5.31. The van der Waals surface area contributed by atoms with Crippen molar-refractivity contribution < 1.29 is 4.52 Å². The first kappa shape index (κ1) is 12.7. The van der Waals surface area contributed by atoms with Crippen molar-refractivity contribution in [2.24, 2.45) is 0 Å². The van der Waals surface area contributed by atoms with Crippen LogP contribution in [0.1, 0.15) is 31.2 Å². The largest absolute Gasteiger partial charge is 0.339 e. The van der Waals surface area contributed by atoms with Gasteiger partial charge in [-0.1, -0.05) is 19.0 Å². The molecule has 0 fully saturated rings. The summed E-state index contributed by atoms with van der Waals surface area (Å²) in [6.45, 7) is 7.91. The van der Waals surface area contributed by atoms with E-state index in [1.54, 1.807) is 12.4 Å². The summed E-state index contributed by atoms with van der Waals surface area (Å²) in [5, 5.41) is 7.30. The number of hydrogen-bond donors (Lipinski definition) is 1. The van der Waals surface area contributed by atoms with Crippen LogP contribution in [0.4, 0.5) is 0 Å². The minimum absolute atomic E-state index is 0.216. The van der Waals surface area contributed by atoms with E-state index in [1.165, 1.54) is 0 Å². The summed E-state index contributed by atoms with van der Waals surface area (Å²) in [5.74, 6) is 1.52. The van der Waals surface area contributed by atoms with Crippen LogP contribution in [0.5, 0.6) is 0 Å². The fraction of sp³-hybridized carbons (Fsp3) is 0.462. The number of pyridine rings is 1. The molecule has 0 spiro atoms. The summed E-state index contributed by atoms with van der Waals surface area (Å²) < 4.78 is 5.31. The van der Waals surface area contributed by atoms with Gasteiger partial charge in [-0.15, -0.1) is 0 Å². The monoisotopic (exact) mass is 246 g/mol. The van der Waals surface area contributed by atoms with Crippen molar-refractivity contribution in [2.75, 3.05) is 13.1 Å². The van der Waals surface area contributed by atoms with Gasteiger partial charge in [0.1, 0.15) is 0 Å². The molecule has 0 saturated heterocycles. The highest BCUT2D eigenvalue weighted by molar-refractivity contribution is 5.57. The Morgan fingerprint density at radius 3 is 3.00 bits per heavy atom. The number of nitrogens with one attached hydrogen (secondary N) is 1. The Morgan fingerprint density at radius 2 is 2.28 bits per heavy atom. The standard InChI is InChI=1S/C13H18N4O/c1-4-14-8-10(3)13-16-12(17-18-13)11-5-6-15-7-9(11)2/h5-7,10,14H,4,8H2,1-3H3. The molecule has 0 bridgehead atoms. The van der Waals surface area contributed by atoms with E-state index < -0.39 is 0 Å². The second-order valence-electron chi connectivity index (χ2n) is 4.36. The molecule has 2 heterocycles. The average Bonchev–Trinajstić information content (AvgIpc) is 2.86. The maximum absolute atomic E-state index is 5.31. The van der Waals surface area contributed by atoms with Crippen molar-refractivity contribution in [3.05, 3.63) is 29.9 Å². The van der Waals surface area contributed by atoms with Gasteiger partial charge in [0.25, 0.3) is 0 Å². The van der Waals surface area contributed by atoms with Crippen LogP contribution in [-0.2, 0) is 0 Å². The molecule has 2 aromatic heterocycles. The molecule has 0 aliphatic rings. The fourth-order valence-corrected chi connectivity index (χ4v) is 1.72. The summed E-state index contributed by atoms with van der Waals surface area (Å²) in [4.78, 5) is 8.51. The van der Waals surface area contributed by atoms with Gasteiger partial charge in [0, 0.05) is 30.4 Å². The topological polar surface area (TPSA) is 63.8 Å². The lowest BCUT2D eigenvalue weighted by Crippen LogP contribution is -2.19. The highest BCUT2D eigenvalue weighted by atomic mass is 16.5. The highest BCUT2D eigenvalue weighted by Crippen LogP contribution is 2.21. The third-order valence-corrected chi connectivity index (χ3v) is 2.83. The number of rotatable bonds is 5. The fourth-order valence-electron chi connectivity index (χ4n) is 1.72. The lowest BCUT2D eigenvalue weighted by Gasteiger charge is -2.05. The van der Waals surface area contributed by atoms with Crippen molar-refractivity contribution in [2.45, 2.75) is 26.7 Å². The van der Waals surface area contributed by atoms with E-state index in [0.29, 0.717) is 11.7 Å². The van der Waals surface area contributed by atoms with Crippen LogP contribution in [0.2, 0.25) is 0 Å². The van der Waals surface area contributed by atoms with Crippen molar-refractivity contribution in [1.82, 2.24) is 20.4 Å². The predicted octanol–water partition coefficient (Wildman–Crippen LogP) is 2.15. The van der Waals surface area contributed by atoms with Gasteiger partial charge >= 0.3 is 0 Å². The van der Waals surface area contributed by atoms with Crippen molar-refractivity contribution in [3.63, 3.8) is 0 Å². The summed E-state index contributed by atoms with van der Waals surface area (Å²) >= 11 is 0. The van der Waals surface area contributed by atoms with E-state index in [0.717, 1.165) is 24.2 Å². The van der Waals surface area contributed by atoms with Crippen molar-refractivity contribution in [1.29, 1.82) is 0 Å². The Kier molecular flexibility index (Phi) is 4.04. The van der Waals surface area contributed by atoms with Crippen molar-refractivity contribution >= 4 is 0 Å². The normalized spacial score (nSPS) is 12.6. The Bertz CT molecular complexity index is 509. The zero-order chi connectivity index (χ0) is 13.0. The Balaban J connectivity index is 2.18. The highest BCUT2D eigenvalue weighted by Gasteiger charge is 2.15. The predicted molar refractivity (Wildman–Crippen MR) is 69.2 cm³/mol. The molecular weight excluding hydrogens is 228 g/mol. The second-order valence-corrected chi connectivity index (χ2v) is 4.36. The van der Waals surface area contributed by atoms with Gasteiger partial charge in [0.05, 0.1) is 0 Å². The van der Waals surface area contributed by atoms with Gasteiger partial charge < -0.3 is 9.84 Å². The summed E-state index contributed by atoms with van der Waals surface area (Å²) in [5.41, 5.74) is 2.01. The third kappa shape index (κ3) is 2.73. The molecule has 1 atom stereocenters. The Hall–Kier alpha value is -1.75. The molecule has 0 amide bonds. The van der Waals surface area contributed by atoms with Gasteiger partial charge in [-0.3, -0.25) is 4.98 Å². The van der Waals surface area contributed by atoms with Crippen LogP contribution in [-0.4, -0.2) is 28.2 Å². The minimum Gasteiger partial charge on any atom is -0.339 e. The van der Waals surface area contributed by atoms with Crippen LogP contribution >= 0.6 is 0 Å². The summed E-state index contributed by atoms with van der Waals surface area (Å²) in [7, 11) is 0. The van der Waals surface area contributed by atoms with Gasteiger partial charge in [0.2, 0.25) is 11.7 Å². The molecule has 1 N–H and O–H groups in total. The first-order chi connectivity index (χ1) is 8.72. The summed E-state index contributed by atoms with van der Waals surface area (Å²) in [6, 6.07) is 1.90. The minimum atomic E-state index is 0.216.